The first kappa shape index (κ1) is 34.3. The Morgan fingerprint density at radius 3 is 1.85 bits per heavy atom. The van der Waals surface area contributed by atoms with Gasteiger partial charge in [0.05, 0.1) is 12.2 Å². The molecule has 34 heavy (non-hydrogen) atoms. The largest absolute Gasteiger partial charge is 0.489 e. The quantitative estimate of drug-likeness (QED) is 0.157. The molecule has 0 atom stereocenters. The minimum absolute atomic E-state index is 0.177. The second kappa shape index (κ2) is 24.3. The summed E-state index contributed by atoms with van der Waals surface area (Å²) in [7, 11) is 0. The average Bonchev–Trinajstić information content (AvgIpc) is 2.85. The van der Waals surface area contributed by atoms with Crippen LogP contribution in [0, 0.1) is 6.92 Å². The molecule has 9 N–H and O–H groups in total. The summed E-state index contributed by atoms with van der Waals surface area (Å²) >= 11 is 0. The zero-order valence-corrected chi connectivity index (χ0v) is 22.2. The summed E-state index contributed by atoms with van der Waals surface area (Å²) in [5.74, 6) is 5.20. The highest BCUT2D eigenvalue weighted by molar-refractivity contribution is 5.91. The lowest BCUT2D eigenvalue weighted by molar-refractivity contribution is 0.0694. The normalized spacial score (nSPS) is 10.0. The van der Waals surface area contributed by atoms with Crippen molar-refractivity contribution in [3.8, 4) is 11.5 Å². The van der Waals surface area contributed by atoms with E-state index in [2.05, 4.69) is 6.92 Å². The van der Waals surface area contributed by atoms with Crippen LogP contribution in [0.2, 0.25) is 0 Å². The summed E-state index contributed by atoms with van der Waals surface area (Å²) in [5.41, 5.74) is 17.7. The molecule has 0 aliphatic carbocycles. The van der Waals surface area contributed by atoms with E-state index in [0.29, 0.717) is 55.2 Å². The first-order chi connectivity index (χ1) is 16.5. The van der Waals surface area contributed by atoms with Crippen molar-refractivity contribution < 1.29 is 19.5 Å². The van der Waals surface area contributed by atoms with Crippen molar-refractivity contribution in [2.24, 2.45) is 23.1 Å². The van der Waals surface area contributed by atoms with Gasteiger partial charge >= 0.3 is 5.97 Å². The highest BCUT2D eigenvalue weighted by atomic mass is 16.6. The van der Waals surface area contributed by atoms with Gasteiger partial charge in [0.2, 0.25) is 0 Å². The molecule has 0 aliphatic heterocycles. The lowest BCUT2D eigenvalue weighted by Gasteiger charge is -2.18. The third-order valence-corrected chi connectivity index (χ3v) is 5.16. The third kappa shape index (κ3) is 15.1. The van der Waals surface area contributed by atoms with Gasteiger partial charge in [-0.3, -0.25) is 0 Å². The number of unbranched alkanes of at least 4 members (excludes halogenated alkanes) is 7. The van der Waals surface area contributed by atoms with Gasteiger partial charge in [-0.25, -0.2) is 4.79 Å². The van der Waals surface area contributed by atoms with Crippen LogP contribution in [0.4, 0.5) is 0 Å². The van der Waals surface area contributed by atoms with Crippen LogP contribution in [-0.2, 0) is 6.42 Å². The maximum atomic E-state index is 11.5. The Morgan fingerprint density at radius 2 is 1.38 bits per heavy atom. The van der Waals surface area contributed by atoms with Gasteiger partial charge in [0, 0.05) is 5.56 Å². The molecule has 0 fully saturated rings. The Kier molecular flexibility index (Phi) is 24.5. The van der Waals surface area contributed by atoms with Crippen molar-refractivity contribution in [3.05, 3.63) is 22.8 Å². The van der Waals surface area contributed by atoms with Gasteiger partial charge in [0.15, 0.2) is 11.5 Å². The van der Waals surface area contributed by atoms with Crippen LogP contribution in [0.25, 0.3) is 0 Å². The number of hydrogen-bond acceptors (Lipinski definition) is 7. The molecule has 0 saturated heterocycles. The molecular formula is C26H52N4O4. The van der Waals surface area contributed by atoms with E-state index >= 15 is 0 Å². The maximum absolute atomic E-state index is 11.5. The zero-order chi connectivity index (χ0) is 26.2. The fourth-order valence-electron chi connectivity index (χ4n) is 3.35. The van der Waals surface area contributed by atoms with E-state index in [4.69, 9.17) is 32.7 Å². The highest BCUT2D eigenvalue weighted by Crippen LogP contribution is 2.37. The first-order valence-corrected chi connectivity index (χ1v) is 13.0. The molecule has 0 heterocycles. The minimum atomic E-state index is -1.02. The van der Waals surface area contributed by atoms with Crippen LogP contribution < -0.4 is 32.7 Å². The average molecular weight is 485 g/mol. The molecule has 1 aromatic rings. The molecule has 0 unspecified atom stereocenters. The van der Waals surface area contributed by atoms with E-state index in [0.717, 1.165) is 32.2 Å². The number of carboxylic acids is 1. The van der Waals surface area contributed by atoms with Crippen LogP contribution in [0.3, 0.4) is 0 Å². The van der Waals surface area contributed by atoms with E-state index in [9.17, 15) is 9.90 Å². The van der Waals surface area contributed by atoms with Gasteiger partial charge < -0.3 is 31.9 Å². The Morgan fingerprint density at radius 1 is 0.853 bits per heavy atom. The van der Waals surface area contributed by atoms with Crippen molar-refractivity contribution in [1.29, 1.82) is 0 Å². The van der Waals surface area contributed by atoms with Crippen LogP contribution >= 0.6 is 0 Å². The van der Waals surface area contributed by atoms with Crippen molar-refractivity contribution in [2.75, 3.05) is 26.2 Å². The maximum Gasteiger partial charge on any atom is 0.336 e. The summed E-state index contributed by atoms with van der Waals surface area (Å²) < 4.78 is 5.83. The topological polar surface area (TPSA) is 160 Å². The van der Waals surface area contributed by atoms with Crippen LogP contribution in [0.1, 0.15) is 106 Å². The van der Waals surface area contributed by atoms with E-state index in [-0.39, 0.29) is 5.56 Å². The van der Waals surface area contributed by atoms with Gasteiger partial charge in [0.25, 0.3) is 0 Å². The molecule has 0 radical (unpaired) electrons. The van der Waals surface area contributed by atoms with Gasteiger partial charge in [-0.15, -0.1) is 0 Å². The summed E-state index contributed by atoms with van der Waals surface area (Å²) in [4.78, 5) is 16.5. The fraction of sp³-hybridized carbons (Fsp3) is 0.731. The van der Waals surface area contributed by atoms with Gasteiger partial charge in [-0.05, 0) is 70.3 Å². The number of aromatic carboxylic acids is 1. The summed E-state index contributed by atoms with van der Waals surface area (Å²) in [6, 6.07) is 1.60. The second-order valence-electron chi connectivity index (χ2n) is 7.95. The molecule has 8 heteroatoms. The molecule has 0 spiro atoms. The molecule has 0 aromatic heterocycles. The Balaban J connectivity index is 0. The summed E-state index contributed by atoms with van der Waals surface area (Å²) in [6.07, 6.45) is 11.7. The lowest BCUT2D eigenvalue weighted by atomic mass is 9.98. The molecule has 0 aliphatic rings. The predicted molar refractivity (Wildman–Crippen MR) is 143 cm³/mol. The van der Waals surface area contributed by atoms with Crippen LogP contribution in [0.5, 0.6) is 11.5 Å². The Bertz CT molecular complexity index is 621. The molecule has 1 aromatic carbocycles. The van der Waals surface area contributed by atoms with Gasteiger partial charge in [0.1, 0.15) is 0 Å². The van der Waals surface area contributed by atoms with Gasteiger partial charge in [-0.1, -0.05) is 59.3 Å². The highest BCUT2D eigenvalue weighted by Gasteiger charge is 2.22. The first-order valence-electron chi connectivity index (χ1n) is 13.0. The number of rotatable bonds is 17. The molecule has 0 saturated carbocycles. The van der Waals surface area contributed by atoms with Crippen LogP contribution in [-0.4, -0.2) is 37.3 Å². The number of aryl methyl sites for hydroxylation is 1. The number of nitrogens with two attached hydrogens (primary N) is 4. The number of hydrogen-bond donors (Lipinski definition) is 5. The smallest absolute Gasteiger partial charge is 0.336 e. The number of carboxylic acid groups (broad SMARTS) is 1. The van der Waals surface area contributed by atoms with E-state index in [1.165, 1.54) is 32.1 Å². The standard InChI is InChI=1S/C17H29N3O4.C7H17N.C2H6/c1-12-11-14(17(21)22)13(7-6-9-19)16(24-20)15(12)23-10-5-3-2-4-8-18;1-2-3-4-5-6-7-8;1-2/h11H,2-10,18-20H2,1H3,(H,21,22);2-8H2,1H3;1-2H3. The molecule has 200 valence electrons. The van der Waals surface area contributed by atoms with Crippen LogP contribution in [0.15, 0.2) is 6.07 Å². The molecule has 0 bridgehead atoms. The molecule has 1 rings (SSSR count). The molecular weight excluding hydrogens is 432 g/mol. The van der Waals surface area contributed by atoms with Crippen molar-refractivity contribution in [2.45, 2.75) is 98.3 Å². The lowest BCUT2D eigenvalue weighted by Crippen LogP contribution is -2.14. The van der Waals surface area contributed by atoms with Crippen molar-refractivity contribution >= 4 is 5.97 Å². The Labute approximate surface area is 207 Å². The van der Waals surface area contributed by atoms with E-state index in [1.54, 1.807) is 13.0 Å². The zero-order valence-electron chi connectivity index (χ0n) is 22.2. The van der Waals surface area contributed by atoms with E-state index < -0.39 is 5.97 Å². The third-order valence-electron chi connectivity index (χ3n) is 5.16. The SMILES string of the molecule is CC.CCCCCCCN.Cc1cc(C(=O)O)c(CCCN)c(ON)c1OCCCCCCN. The predicted octanol–water partition coefficient (Wildman–Crippen LogP) is 4.68. The number of ether oxygens (including phenoxy) is 1. The van der Waals surface area contributed by atoms with Crippen molar-refractivity contribution in [3.63, 3.8) is 0 Å². The number of benzene rings is 1. The monoisotopic (exact) mass is 484 g/mol. The molecule has 0 amide bonds. The second-order valence-corrected chi connectivity index (χ2v) is 7.95. The summed E-state index contributed by atoms with van der Waals surface area (Å²) in [6.45, 7) is 10.5. The Hall–Kier alpha value is -1.87. The fourth-order valence-corrected chi connectivity index (χ4v) is 3.35. The minimum Gasteiger partial charge on any atom is -0.489 e. The van der Waals surface area contributed by atoms with Gasteiger partial charge in [-0.2, -0.15) is 5.90 Å². The van der Waals surface area contributed by atoms with E-state index in [1.807, 2.05) is 13.8 Å². The summed E-state index contributed by atoms with van der Waals surface area (Å²) in [5, 5.41) is 9.42. The molecule has 8 nitrogen and oxygen atoms in total. The van der Waals surface area contributed by atoms with Crippen molar-refractivity contribution in [1.82, 2.24) is 0 Å². The number of carbonyl (C=O) groups is 1.